The lowest BCUT2D eigenvalue weighted by Gasteiger charge is -2.71. The average Bonchev–Trinajstić information content (AvgIpc) is 2.73. The van der Waals surface area contributed by atoms with Gasteiger partial charge in [0.15, 0.2) is 0 Å². The van der Waals surface area contributed by atoms with Crippen LogP contribution in [0.3, 0.4) is 0 Å². The summed E-state index contributed by atoms with van der Waals surface area (Å²) in [4.78, 5) is 0. The highest BCUT2D eigenvalue weighted by Gasteiger charge is 2.68. The van der Waals surface area contributed by atoms with Gasteiger partial charge in [0.1, 0.15) is 0 Å². The van der Waals surface area contributed by atoms with E-state index in [0.29, 0.717) is 33.5 Å². The summed E-state index contributed by atoms with van der Waals surface area (Å²) in [5, 5.41) is 21.3. The number of fused-ring (bicyclic) bond motifs is 7. The van der Waals surface area contributed by atoms with Crippen LogP contribution in [-0.4, -0.2) is 22.9 Å². The highest BCUT2D eigenvalue weighted by atomic mass is 16.3. The molecule has 2 nitrogen and oxygen atoms in total. The maximum absolute atomic E-state index is 10.9. The molecule has 4 saturated carbocycles. The van der Waals surface area contributed by atoms with E-state index in [-0.39, 0.29) is 23.5 Å². The molecule has 0 aromatic heterocycles. The number of hydrogen-bond donors (Lipinski definition) is 2. The minimum atomic E-state index is -0.361. The lowest BCUT2D eigenvalue weighted by molar-refractivity contribution is -0.215. The topological polar surface area (TPSA) is 40.5 Å². The number of allylic oxidation sites excluding steroid dienone is 2. The Hall–Kier alpha value is -0.340. The van der Waals surface area contributed by atoms with Gasteiger partial charge < -0.3 is 10.2 Å². The van der Waals surface area contributed by atoms with Crippen molar-refractivity contribution in [3.8, 4) is 0 Å². The third kappa shape index (κ3) is 2.78. The smallest absolute Gasteiger partial charge is 0.0618 e. The van der Waals surface area contributed by atoms with Crippen LogP contribution in [0.1, 0.15) is 113 Å². The highest BCUT2D eigenvalue weighted by molar-refractivity contribution is 5.33. The fourth-order valence-corrected chi connectivity index (χ4v) is 10.5. The molecular formula is C30H50O2. The second-order valence-electron chi connectivity index (χ2n) is 15.1. The van der Waals surface area contributed by atoms with Gasteiger partial charge in [-0.3, -0.25) is 0 Å². The molecule has 32 heavy (non-hydrogen) atoms. The molecule has 9 atom stereocenters. The van der Waals surface area contributed by atoms with Gasteiger partial charge in [0.2, 0.25) is 0 Å². The molecule has 0 aliphatic heterocycles. The summed E-state index contributed by atoms with van der Waals surface area (Å²) in [5.74, 6) is 1.83. The predicted molar refractivity (Wildman–Crippen MR) is 132 cm³/mol. The molecule has 0 radical (unpaired) electrons. The van der Waals surface area contributed by atoms with E-state index in [9.17, 15) is 10.2 Å². The van der Waals surface area contributed by atoms with E-state index in [1.807, 2.05) is 5.57 Å². The van der Waals surface area contributed by atoms with Crippen molar-refractivity contribution in [2.45, 2.75) is 119 Å². The van der Waals surface area contributed by atoms with E-state index >= 15 is 0 Å². The zero-order valence-electron chi connectivity index (χ0n) is 22.1. The highest BCUT2D eigenvalue weighted by Crippen LogP contribution is 2.75. The van der Waals surface area contributed by atoms with Crippen LogP contribution in [0.5, 0.6) is 0 Å². The zero-order chi connectivity index (χ0) is 23.4. The fourth-order valence-electron chi connectivity index (χ4n) is 10.5. The van der Waals surface area contributed by atoms with Gasteiger partial charge in [0.25, 0.3) is 0 Å². The second kappa shape index (κ2) is 6.87. The molecule has 0 saturated heterocycles. The van der Waals surface area contributed by atoms with Crippen molar-refractivity contribution >= 4 is 0 Å². The van der Waals surface area contributed by atoms with E-state index in [1.165, 1.54) is 44.9 Å². The standard InChI is InChI=1S/C30H50O2/c1-25(2)14-15-26(3)16-17-29(6)20(21(26)18-25)8-9-23-27(4)12-11-24(32)28(5,19-31)22(27)10-13-30(23,29)7/h8,21-24,31-32H,9-19H2,1-7H3/t21?,22?,23?,24?,26?,27?,28-,29-,30?/m1/s1. The van der Waals surface area contributed by atoms with Gasteiger partial charge >= 0.3 is 0 Å². The van der Waals surface area contributed by atoms with Gasteiger partial charge in [-0.25, -0.2) is 0 Å². The van der Waals surface area contributed by atoms with Crippen LogP contribution in [0.2, 0.25) is 0 Å². The van der Waals surface area contributed by atoms with Crippen LogP contribution >= 0.6 is 0 Å². The molecule has 4 fully saturated rings. The van der Waals surface area contributed by atoms with E-state index in [2.05, 4.69) is 54.5 Å². The van der Waals surface area contributed by atoms with Gasteiger partial charge in [0.05, 0.1) is 12.7 Å². The largest absolute Gasteiger partial charge is 0.396 e. The van der Waals surface area contributed by atoms with Crippen molar-refractivity contribution in [3.05, 3.63) is 11.6 Å². The van der Waals surface area contributed by atoms with Gasteiger partial charge in [-0.1, -0.05) is 60.1 Å². The summed E-state index contributed by atoms with van der Waals surface area (Å²) in [5.41, 5.74) is 3.28. The average molecular weight is 443 g/mol. The summed E-state index contributed by atoms with van der Waals surface area (Å²) in [7, 11) is 0. The molecule has 7 unspecified atom stereocenters. The zero-order valence-corrected chi connectivity index (χ0v) is 22.1. The Morgan fingerprint density at radius 3 is 2.22 bits per heavy atom. The minimum Gasteiger partial charge on any atom is -0.396 e. The third-order valence-electron chi connectivity index (χ3n) is 13.2. The summed E-state index contributed by atoms with van der Waals surface area (Å²) in [6.07, 6.45) is 14.8. The van der Waals surface area contributed by atoms with Crippen molar-refractivity contribution < 1.29 is 10.2 Å². The summed E-state index contributed by atoms with van der Waals surface area (Å²) in [6.45, 7) is 17.7. The number of rotatable bonds is 1. The summed E-state index contributed by atoms with van der Waals surface area (Å²) in [6, 6.07) is 0. The molecule has 5 aliphatic carbocycles. The Morgan fingerprint density at radius 1 is 0.844 bits per heavy atom. The number of hydrogen-bond acceptors (Lipinski definition) is 2. The van der Waals surface area contributed by atoms with Gasteiger partial charge in [-0.15, -0.1) is 0 Å². The SMILES string of the molecule is CC1(C)CCC2(C)CC[C@]3(C)C(=CCC4C5(C)CCC(O)[C@](C)(CO)C5CCC43C)C2C1. The van der Waals surface area contributed by atoms with Crippen molar-refractivity contribution in [3.63, 3.8) is 0 Å². The first-order chi connectivity index (χ1) is 14.8. The molecule has 2 heteroatoms. The molecule has 0 heterocycles. The Kier molecular flexibility index (Phi) is 5.02. The van der Waals surface area contributed by atoms with E-state index < -0.39 is 0 Å². The van der Waals surface area contributed by atoms with Crippen LogP contribution in [0, 0.1) is 50.2 Å². The maximum Gasteiger partial charge on any atom is 0.0618 e. The molecule has 182 valence electrons. The van der Waals surface area contributed by atoms with Gasteiger partial charge in [-0.2, -0.15) is 0 Å². The second-order valence-corrected chi connectivity index (χ2v) is 15.1. The van der Waals surface area contributed by atoms with Crippen molar-refractivity contribution in [2.75, 3.05) is 6.61 Å². The molecule has 0 bridgehead atoms. The number of aliphatic hydroxyl groups is 2. The Labute approximate surface area is 197 Å². The molecule has 0 spiro atoms. The first-order valence-electron chi connectivity index (χ1n) is 13.8. The molecular weight excluding hydrogens is 392 g/mol. The van der Waals surface area contributed by atoms with Crippen molar-refractivity contribution in [2.24, 2.45) is 50.2 Å². The van der Waals surface area contributed by atoms with Crippen LogP contribution in [0.15, 0.2) is 11.6 Å². The lowest BCUT2D eigenvalue weighted by atomic mass is 9.33. The van der Waals surface area contributed by atoms with Gasteiger partial charge in [-0.05, 0) is 109 Å². The van der Waals surface area contributed by atoms with Crippen LogP contribution in [0.25, 0.3) is 0 Å². The summed E-state index contributed by atoms with van der Waals surface area (Å²) >= 11 is 0. The first kappa shape index (κ1) is 23.4. The van der Waals surface area contributed by atoms with E-state index in [1.54, 1.807) is 0 Å². The predicted octanol–water partition coefficient (Wildman–Crippen LogP) is 7.14. The Balaban J connectivity index is 1.57. The Bertz CT molecular complexity index is 814. The summed E-state index contributed by atoms with van der Waals surface area (Å²) < 4.78 is 0. The first-order valence-corrected chi connectivity index (χ1v) is 13.8. The van der Waals surface area contributed by atoms with Crippen molar-refractivity contribution in [1.29, 1.82) is 0 Å². The van der Waals surface area contributed by atoms with Crippen LogP contribution in [0.4, 0.5) is 0 Å². The number of aliphatic hydroxyl groups excluding tert-OH is 2. The van der Waals surface area contributed by atoms with Gasteiger partial charge in [0, 0.05) is 5.41 Å². The van der Waals surface area contributed by atoms with Crippen LogP contribution < -0.4 is 0 Å². The molecule has 5 aliphatic rings. The minimum absolute atomic E-state index is 0.117. The van der Waals surface area contributed by atoms with E-state index in [0.717, 1.165) is 25.2 Å². The third-order valence-corrected chi connectivity index (χ3v) is 13.2. The maximum atomic E-state index is 10.9. The Morgan fingerprint density at radius 2 is 1.53 bits per heavy atom. The molecule has 0 amide bonds. The molecule has 0 aromatic carbocycles. The van der Waals surface area contributed by atoms with Crippen LogP contribution in [-0.2, 0) is 0 Å². The van der Waals surface area contributed by atoms with Crippen molar-refractivity contribution in [1.82, 2.24) is 0 Å². The quantitative estimate of drug-likeness (QED) is 0.424. The normalized spacial score (nSPS) is 56.8. The molecule has 5 rings (SSSR count). The lowest BCUT2D eigenvalue weighted by Crippen LogP contribution is -2.65. The molecule has 0 aromatic rings. The van der Waals surface area contributed by atoms with E-state index in [4.69, 9.17) is 0 Å². The monoisotopic (exact) mass is 442 g/mol. The fraction of sp³-hybridized carbons (Fsp3) is 0.933. The molecule has 2 N–H and O–H groups in total.